The molecule has 0 heterocycles. The number of carbonyl (C=O) groups excluding carboxylic acids is 2. The van der Waals surface area contributed by atoms with E-state index in [0.29, 0.717) is 25.4 Å². The molecule has 6 nitrogen and oxygen atoms in total. The smallest absolute Gasteiger partial charge is 0.323 e. The summed E-state index contributed by atoms with van der Waals surface area (Å²) in [7, 11) is 0. The third kappa shape index (κ3) is 7.11. The molecule has 0 aromatic rings. The average molecular weight is 298 g/mol. The van der Waals surface area contributed by atoms with Crippen LogP contribution in [0.1, 0.15) is 46.5 Å². The fraction of sp³-hybridized carbons (Fsp3) is 0.800. The van der Waals surface area contributed by atoms with Crippen LogP contribution >= 0.6 is 0 Å². The minimum absolute atomic E-state index is 0.0460. The molecule has 0 saturated heterocycles. The summed E-state index contributed by atoms with van der Waals surface area (Å²) in [6, 6.07) is 0. The van der Waals surface area contributed by atoms with Crippen LogP contribution in [0.4, 0.5) is 0 Å². The Labute approximate surface area is 125 Å². The third-order valence-corrected chi connectivity index (χ3v) is 3.39. The molecule has 0 aromatic heterocycles. The van der Waals surface area contributed by atoms with E-state index in [1.165, 1.54) is 4.90 Å². The molecule has 0 radical (unpaired) electrons. The Hall–Kier alpha value is -1.59. The first-order valence-corrected chi connectivity index (χ1v) is 7.48. The van der Waals surface area contributed by atoms with Crippen LogP contribution in [0, 0.1) is 11.3 Å². The van der Waals surface area contributed by atoms with Gasteiger partial charge in [0.25, 0.3) is 0 Å². The summed E-state index contributed by atoms with van der Waals surface area (Å²) in [4.78, 5) is 35.9. The van der Waals surface area contributed by atoms with Gasteiger partial charge in [0.1, 0.15) is 6.54 Å². The fourth-order valence-electron chi connectivity index (χ4n) is 1.89. The highest BCUT2D eigenvalue weighted by atomic mass is 16.4. The maximum Gasteiger partial charge on any atom is 0.323 e. The van der Waals surface area contributed by atoms with Crippen molar-refractivity contribution in [1.29, 1.82) is 0 Å². The molecule has 0 aliphatic heterocycles. The predicted molar refractivity (Wildman–Crippen MR) is 78.6 cm³/mol. The molecule has 0 spiro atoms. The summed E-state index contributed by atoms with van der Waals surface area (Å²) in [6.07, 6.45) is 2.95. The monoisotopic (exact) mass is 298 g/mol. The van der Waals surface area contributed by atoms with Crippen molar-refractivity contribution in [2.24, 2.45) is 11.3 Å². The summed E-state index contributed by atoms with van der Waals surface area (Å²) in [5.41, 5.74) is -0.439. The van der Waals surface area contributed by atoms with Gasteiger partial charge >= 0.3 is 5.97 Å². The highest BCUT2D eigenvalue weighted by Crippen LogP contribution is 2.29. The SMILES string of the molecule is CC(C)(C)C(=O)NCCCC(=O)N(CC(=O)O)CC1CC1. The molecule has 0 bridgehead atoms. The zero-order chi connectivity index (χ0) is 16.0. The predicted octanol–water partition coefficient (Wildman–Crippen LogP) is 1.25. The lowest BCUT2D eigenvalue weighted by Crippen LogP contribution is -2.38. The molecule has 2 N–H and O–H groups in total. The number of rotatable bonds is 8. The molecule has 0 unspecified atom stereocenters. The minimum atomic E-state index is -0.981. The summed E-state index contributed by atoms with van der Waals surface area (Å²) < 4.78 is 0. The van der Waals surface area contributed by atoms with E-state index in [0.717, 1.165) is 12.8 Å². The first-order chi connectivity index (χ1) is 9.70. The molecule has 1 saturated carbocycles. The van der Waals surface area contributed by atoms with E-state index in [1.54, 1.807) is 0 Å². The molecule has 0 aromatic carbocycles. The second-order valence-electron chi connectivity index (χ2n) is 6.72. The lowest BCUT2D eigenvalue weighted by atomic mass is 9.96. The fourth-order valence-corrected chi connectivity index (χ4v) is 1.89. The average Bonchev–Trinajstić information content (AvgIpc) is 3.15. The normalized spacial score (nSPS) is 14.6. The number of nitrogens with one attached hydrogen (secondary N) is 1. The Morgan fingerprint density at radius 3 is 2.33 bits per heavy atom. The van der Waals surface area contributed by atoms with Crippen molar-refractivity contribution in [3.63, 3.8) is 0 Å². The first-order valence-electron chi connectivity index (χ1n) is 7.48. The van der Waals surface area contributed by atoms with Crippen LogP contribution in [0.3, 0.4) is 0 Å². The molecule has 1 aliphatic rings. The number of amides is 2. The quantitative estimate of drug-likeness (QED) is 0.660. The molecule has 6 heteroatoms. The summed E-state index contributed by atoms with van der Waals surface area (Å²) in [5, 5.41) is 11.6. The zero-order valence-electron chi connectivity index (χ0n) is 13.1. The van der Waals surface area contributed by atoms with Gasteiger partial charge in [0, 0.05) is 24.9 Å². The largest absolute Gasteiger partial charge is 0.480 e. The Bertz CT molecular complexity index is 397. The van der Waals surface area contributed by atoms with Crippen molar-refractivity contribution in [2.75, 3.05) is 19.6 Å². The van der Waals surface area contributed by atoms with Crippen LogP contribution in [0.5, 0.6) is 0 Å². The van der Waals surface area contributed by atoms with Gasteiger partial charge in [-0.3, -0.25) is 14.4 Å². The van der Waals surface area contributed by atoms with Gasteiger partial charge in [-0.2, -0.15) is 0 Å². The van der Waals surface area contributed by atoms with Crippen molar-refractivity contribution >= 4 is 17.8 Å². The van der Waals surface area contributed by atoms with Gasteiger partial charge < -0.3 is 15.3 Å². The molecule has 2 amide bonds. The molecule has 1 fully saturated rings. The Morgan fingerprint density at radius 2 is 1.86 bits per heavy atom. The van der Waals surface area contributed by atoms with E-state index in [2.05, 4.69) is 5.32 Å². The molecule has 1 aliphatic carbocycles. The van der Waals surface area contributed by atoms with Crippen LogP contribution in [0.25, 0.3) is 0 Å². The van der Waals surface area contributed by atoms with Crippen molar-refractivity contribution in [1.82, 2.24) is 10.2 Å². The van der Waals surface area contributed by atoms with Crippen LogP contribution in [-0.2, 0) is 14.4 Å². The van der Waals surface area contributed by atoms with Crippen molar-refractivity contribution in [3.8, 4) is 0 Å². The van der Waals surface area contributed by atoms with Crippen LogP contribution < -0.4 is 5.32 Å². The van der Waals surface area contributed by atoms with Crippen LogP contribution in [-0.4, -0.2) is 47.4 Å². The van der Waals surface area contributed by atoms with Crippen LogP contribution in [0.15, 0.2) is 0 Å². The second-order valence-corrected chi connectivity index (χ2v) is 6.72. The van der Waals surface area contributed by atoms with E-state index in [1.807, 2.05) is 20.8 Å². The number of carboxylic acids is 1. The number of nitrogens with zero attached hydrogens (tertiary/aromatic N) is 1. The summed E-state index contributed by atoms with van der Waals surface area (Å²) in [6.45, 7) is 6.24. The van der Waals surface area contributed by atoms with Crippen molar-refractivity contribution < 1.29 is 19.5 Å². The number of aliphatic carboxylic acids is 1. The topological polar surface area (TPSA) is 86.7 Å². The van der Waals surface area contributed by atoms with Crippen molar-refractivity contribution in [2.45, 2.75) is 46.5 Å². The van der Waals surface area contributed by atoms with E-state index in [9.17, 15) is 14.4 Å². The van der Waals surface area contributed by atoms with Gasteiger partial charge in [0.05, 0.1) is 0 Å². The number of carboxylic acid groups (broad SMARTS) is 1. The summed E-state index contributed by atoms with van der Waals surface area (Å²) >= 11 is 0. The molecule has 120 valence electrons. The number of hydrogen-bond acceptors (Lipinski definition) is 3. The Kier molecular flexibility index (Phi) is 6.18. The molecular weight excluding hydrogens is 272 g/mol. The van der Waals surface area contributed by atoms with E-state index < -0.39 is 11.4 Å². The Morgan fingerprint density at radius 1 is 1.24 bits per heavy atom. The van der Waals surface area contributed by atoms with E-state index >= 15 is 0 Å². The second kappa shape index (κ2) is 7.43. The van der Waals surface area contributed by atoms with Gasteiger partial charge in [-0.15, -0.1) is 0 Å². The minimum Gasteiger partial charge on any atom is -0.480 e. The lowest BCUT2D eigenvalue weighted by molar-refractivity contribution is -0.144. The zero-order valence-corrected chi connectivity index (χ0v) is 13.1. The molecule has 0 atom stereocenters. The standard InChI is InChI=1S/C15H26N2O4/c1-15(2,3)14(21)16-8-4-5-12(18)17(10-13(19)20)9-11-6-7-11/h11H,4-10H2,1-3H3,(H,16,21)(H,19,20). The number of hydrogen-bond donors (Lipinski definition) is 2. The Balaban J connectivity index is 2.29. The van der Waals surface area contributed by atoms with Gasteiger partial charge in [-0.05, 0) is 25.2 Å². The maximum atomic E-state index is 12.0. The molecular formula is C15H26N2O4. The highest BCUT2D eigenvalue weighted by molar-refractivity contribution is 5.82. The summed E-state index contributed by atoms with van der Waals surface area (Å²) in [5.74, 6) is -0.705. The van der Waals surface area contributed by atoms with E-state index in [4.69, 9.17) is 5.11 Å². The first kappa shape index (κ1) is 17.5. The highest BCUT2D eigenvalue weighted by Gasteiger charge is 2.27. The van der Waals surface area contributed by atoms with Gasteiger partial charge in [-0.1, -0.05) is 20.8 Å². The maximum absolute atomic E-state index is 12.0. The van der Waals surface area contributed by atoms with Gasteiger partial charge in [0.15, 0.2) is 0 Å². The van der Waals surface area contributed by atoms with E-state index in [-0.39, 0.29) is 24.8 Å². The van der Waals surface area contributed by atoms with Crippen LogP contribution in [0.2, 0.25) is 0 Å². The van der Waals surface area contributed by atoms with Crippen molar-refractivity contribution in [3.05, 3.63) is 0 Å². The molecule has 1 rings (SSSR count). The third-order valence-electron chi connectivity index (χ3n) is 3.39. The lowest BCUT2D eigenvalue weighted by Gasteiger charge is -2.21. The molecule has 21 heavy (non-hydrogen) atoms. The van der Waals surface area contributed by atoms with Gasteiger partial charge in [-0.25, -0.2) is 0 Å². The number of carbonyl (C=O) groups is 3. The van der Waals surface area contributed by atoms with Gasteiger partial charge in [0.2, 0.25) is 11.8 Å².